The summed E-state index contributed by atoms with van der Waals surface area (Å²) in [4.78, 5) is 25.4. The topological polar surface area (TPSA) is 55.4 Å². The van der Waals surface area contributed by atoms with Crippen LogP contribution >= 0.6 is 11.3 Å². The Morgan fingerprint density at radius 3 is 2.42 bits per heavy atom. The fourth-order valence-corrected chi connectivity index (χ4v) is 6.10. The van der Waals surface area contributed by atoms with E-state index in [0.717, 1.165) is 37.0 Å². The number of hydrogen-bond donors (Lipinski definition) is 1. The number of amides is 1. The molecule has 130 valence electrons. The molecule has 4 saturated carbocycles. The highest BCUT2D eigenvalue weighted by molar-refractivity contribution is 7.11. The number of esters is 1. The molecule has 5 heteroatoms. The van der Waals surface area contributed by atoms with Crippen LogP contribution in [-0.2, 0) is 9.53 Å². The molecule has 0 unspecified atom stereocenters. The van der Waals surface area contributed by atoms with Crippen molar-refractivity contribution >= 4 is 23.2 Å². The van der Waals surface area contributed by atoms with Crippen LogP contribution in [0.1, 0.15) is 55.1 Å². The molecule has 4 aliphatic carbocycles. The van der Waals surface area contributed by atoms with Gasteiger partial charge in [0, 0.05) is 5.41 Å². The van der Waals surface area contributed by atoms with Gasteiger partial charge in [0.1, 0.15) is 11.0 Å². The first-order chi connectivity index (χ1) is 11.5. The standard InChI is InChI=1S/C19H25NO3S/c1-12(23-17(21)16-3-2-4-24-16)11-20-18(22)19-8-13-5-14(9-19)7-15(6-13)10-19/h2-4,12-15H,5-11H2,1H3,(H,20,22)/t12-,13?,14?,15?,19?/m0/s1. The highest BCUT2D eigenvalue weighted by Crippen LogP contribution is 2.60. The zero-order valence-corrected chi connectivity index (χ0v) is 14.9. The van der Waals surface area contributed by atoms with Gasteiger partial charge in [-0.1, -0.05) is 6.07 Å². The Morgan fingerprint density at radius 1 is 1.25 bits per heavy atom. The molecule has 24 heavy (non-hydrogen) atoms. The van der Waals surface area contributed by atoms with Crippen LogP contribution in [0, 0.1) is 23.2 Å². The SMILES string of the molecule is C[C@@H](CNC(=O)C12CC3CC(CC(C3)C1)C2)OC(=O)c1cccs1. The van der Waals surface area contributed by atoms with Gasteiger partial charge >= 0.3 is 5.97 Å². The Labute approximate surface area is 147 Å². The van der Waals surface area contributed by atoms with E-state index in [0.29, 0.717) is 11.4 Å². The van der Waals surface area contributed by atoms with Gasteiger partial charge in [0.15, 0.2) is 0 Å². The Kier molecular flexibility index (Phi) is 4.15. The third-order valence-corrected chi connectivity index (χ3v) is 6.95. The molecular formula is C19H25NO3S. The molecule has 0 aliphatic heterocycles. The van der Waals surface area contributed by atoms with Gasteiger partial charge in [-0.2, -0.15) is 0 Å². The van der Waals surface area contributed by atoms with Crippen molar-refractivity contribution in [1.82, 2.24) is 5.32 Å². The van der Waals surface area contributed by atoms with Crippen LogP contribution in [0.5, 0.6) is 0 Å². The summed E-state index contributed by atoms with van der Waals surface area (Å²) in [7, 11) is 0. The van der Waals surface area contributed by atoms with Crippen LogP contribution in [0.4, 0.5) is 0 Å². The van der Waals surface area contributed by atoms with Crippen LogP contribution in [0.2, 0.25) is 0 Å². The zero-order valence-electron chi connectivity index (χ0n) is 14.1. The predicted octanol–water partition coefficient (Wildman–Crippen LogP) is 3.63. The van der Waals surface area contributed by atoms with E-state index in [1.54, 1.807) is 6.07 Å². The lowest BCUT2D eigenvalue weighted by atomic mass is 9.49. The van der Waals surface area contributed by atoms with Gasteiger partial charge in [0.05, 0.1) is 6.54 Å². The van der Waals surface area contributed by atoms with Crippen LogP contribution < -0.4 is 5.32 Å². The molecule has 1 heterocycles. The molecule has 1 amide bonds. The minimum atomic E-state index is -0.308. The first-order valence-electron chi connectivity index (χ1n) is 9.07. The van der Waals surface area contributed by atoms with Crippen LogP contribution in [0.15, 0.2) is 17.5 Å². The summed E-state index contributed by atoms with van der Waals surface area (Å²) in [6.45, 7) is 2.24. The molecule has 0 saturated heterocycles. The molecule has 1 N–H and O–H groups in total. The van der Waals surface area contributed by atoms with E-state index in [9.17, 15) is 9.59 Å². The lowest BCUT2D eigenvalue weighted by Gasteiger charge is -2.55. The minimum absolute atomic E-state index is 0.133. The van der Waals surface area contributed by atoms with Crippen molar-refractivity contribution < 1.29 is 14.3 Å². The van der Waals surface area contributed by atoms with Gasteiger partial charge < -0.3 is 10.1 Å². The van der Waals surface area contributed by atoms with E-state index in [1.165, 1.54) is 30.6 Å². The maximum atomic E-state index is 12.9. The highest BCUT2D eigenvalue weighted by atomic mass is 32.1. The summed E-state index contributed by atoms with van der Waals surface area (Å²) in [5, 5.41) is 4.93. The molecule has 5 rings (SSSR count). The number of ether oxygens (including phenoxy) is 1. The van der Waals surface area contributed by atoms with E-state index >= 15 is 0 Å². The van der Waals surface area contributed by atoms with Crippen molar-refractivity contribution in [3.63, 3.8) is 0 Å². The van der Waals surface area contributed by atoms with E-state index in [1.807, 2.05) is 18.4 Å². The number of thiophene rings is 1. The van der Waals surface area contributed by atoms with Crippen molar-refractivity contribution in [1.29, 1.82) is 0 Å². The fraction of sp³-hybridized carbons (Fsp3) is 0.684. The monoisotopic (exact) mass is 347 g/mol. The highest BCUT2D eigenvalue weighted by Gasteiger charge is 2.54. The third kappa shape index (κ3) is 2.99. The van der Waals surface area contributed by atoms with Crippen molar-refractivity contribution in [2.45, 2.75) is 51.6 Å². The molecule has 1 aromatic rings. The molecule has 4 fully saturated rings. The number of rotatable bonds is 5. The van der Waals surface area contributed by atoms with Crippen LogP contribution in [0.25, 0.3) is 0 Å². The first-order valence-corrected chi connectivity index (χ1v) is 9.95. The van der Waals surface area contributed by atoms with Gasteiger partial charge in [-0.15, -0.1) is 11.3 Å². The molecule has 0 aromatic carbocycles. The number of carbonyl (C=O) groups is 2. The van der Waals surface area contributed by atoms with Gasteiger partial charge in [0.25, 0.3) is 0 Å². The van der Waals surface area contributed by atoms with Crippen molar-refractivity contribution in [3.8, 4) is 0 Å². The van der Waals surface area contributed by atoms with Gasteiger partial charge in [0.2, 0.25) is 5.91 Å². The molecule has 0 spiro atoms. The zero-order chi connectivity index (χ0) is 16.7. The molecular weight excluding hydrogens is 322 g/mol. The Bertz CT molecular complexity index is 589. The van der Waals surface area contributed by atoms with Crippen molar-refractivity contribution in [3.05, 3.63) is 22.4 Å². The molecule has 4 aliphatic rings. The normalized spacial score (nSPS) is 34.8. The Hall–Kier alpha value is -1.36. The van der Waals surface area contributed by atoms with E-state index < -0.39 is 0 Å². The van der Waals surface area contributed by atoms with Gasteiger partial charge in [-0.25, -0.2) is 4.79 Å². The summed E-state index contributed by atoms with van der Waals surface area (Å²) in [5.41, 5.74) is -0.133. The number of nitrogens with one attached hydrogen (secondary N) is 1. The molecule has 0 radical (unpaired) electrons. The van der Waals surface area contributed by atoms with Crippen LogP contribution in [0.3, 0.4) is 0 Å². The second kappa shape index (κ2) is 6.17. The lowest BCUT2D eigenvalue weighted by Crippen LogP contribution is -2.54. The number of hydrogen-bond acceptors (Lipinski definition) is 4. The number of carbonyl (C=O) groups excluding carboxylic acids is 2. The minimum Gasteiger partial charge on any atom is -0.457 e. The fourth-order valence-electron chi connectivity index (χ4n) is 5.49. The van der Waals surface area contributed by atoms with Gasteiger partial charge in [-0.05, 0) is 74.6 Å². The average Bonchev–Trinajstić information content (AvgIpc) is 3.05. The summed E-state index contributed by atoms with van der Waals surface area (Å²) < 4.78 is 5.42. The first kappa shape index (κ1) is 16.1. The maximum Gasteiger partial charge on any atom is 0.348 e. The molecule has 1 atom stereocenters. The molecule has 4 nitrogen and oxygen atoms in total. The third-order valence-electron chi connectivity index (χ3n) is 6.10. The summed E-state index contributed by atoms with van der Waals surface area (Å²) in [6.07, 6.45) is 6.89. The van der Waals surface area contributed by atoms with Crippen LogP contribution in [-0.4, -0.2) is 24.5 Å². The Morgan fingerprint density at radius 2 is 1.88 bits per heavy atom. The molecule has 1 aromatic heterocycles. The summed E-state index contributed by atoms with van der Waals surface area (Å²) in [5.74, 6) is 2.17. The van der Waals surface area contributed by atoms with Crippen molar-refractivity contribution in [2.24, 2.45) is 23.2 Å². The second-order valence-corrected chi connectivity index (χ2v) is 9.05. The lowest BCUT2D eigenvalue weighted by molar-refractivity contribution is -0.146. The maximum absolute atomic E-state index is 12.9. The summed E-state index contributed by atoms with van der Waals surface area (Å²) >= 11 is 1.37. The van der Waals surface area contributed by atoms with E-state index in [4.69, 9.17) is 4.74 Å². The Balaban J connectivity index is 1.31. The predicted molar refractivity (Wildman–Crippen MR) is 92.8 cm³/mol. The van der Waals surface area contributed by atoms with E-state index in [2.05, 4.69) is 5.32 Å². The largest absolute Gasteiger partial charge is 0.457 e. The quantitative estimate of drug-likeness (QED) is 0.828. The molecule has 4 bridgehead atoms. The second-order valence-electron chi connectivity index (χ2n) is 8.10. The van der Waals surface area contributed by atoms with E-state index in [-0.39, 0.29) is 23.4 Å². The van der Waals surface area contributed by atoms with Gasteiger partial charge in [-0.3, -0.25) is 4.79 Å². The van der Waals surface area contributed by atoms with Crippen molar-refractivity contribution in [2.75, 3.05) is 6.54 Å². The summed E-state index contributed by atoms with van der Waals surface area (Å²) in [6, 6.07) is 3.59. The average molecular weight is 347 g/mol. The smallest absolute Gasteiger partial charge is 0.348 e.